The Morgan fingerprint density at radius 3 is 2.50 bits per heavy atom. The fraction of sp³-hybridized carbons (Fsp3) is 0.591. The smallest absolute Gasteiger partial charge is 0.232 e. The van der Waals surface area contributed by atoms with Crippen molar-refractivity contribution < 1.29 is 4.52 Å². The molecular weight excluding hydrogens is 491 g/mol. The number of guanidine groups is 1. The highest BCUT2D eigenvalue weighted by Gasteiger charge is 2.21. The van der Waals surface area contributed by atoms with E-state index in [0.29, 0.717) is 24.3 Å². The Labute approximate surface area is 198 Å². The summed E-state index contributed by atoms with van der Waals surface area (Å²) in [6, 6.07) is 11.0. The molecule has 2 aromatic rings. The van der Waals surface area contributed by atoms with Gasteiger partial charge in [-0.3, -0.25) is 4.90 Å². The van der Waals surface area contributed by atoms with Crippen molar-refractivity contribution in [3.05, 3.63) is 47.6 Å². The third kappa shape index (κ3) is 8.99. The lowest BCUT2D eigenvalue weighted by atomic mass is 9.97. The van der Waals surface area contributed by atoms with Gasteiger partial charge in [-0.15, -0.1) is 24.0 Å². The summed E-state index contributed by atoms with van der Waals surface area (Å²) >= 11 is 0. The maximum absolute atomic E-state index is 5.33. The highest BCUT2D eigenvalue weighted by Crippen LogP contribution is 2.19. The summed E-state index contributed by atoms with van der Waals surface area (Å²) in [7, 11) is 2.17. The van der Waals surface area contributed by atoms with Crippen LogP contribution in [0.25, 0.3) is 0 Å². The molecule has 30 heavy (non-hydrogen) atoms. The number of aliphatic imine (C=N–C) groups is 1. The van der Waals surface area contributed by atoms with Crippen LogP contribution in [-0.2, 0) is 18.5 Å². The van der Waals surface area contributed by atoms with Crippen molar-refractivity contribution in [1.29, 1.82) is 0 Å². The maximum atomic E-state index is 5.33. The van der Waals surface area contributed by atoms with Crippen molar-refractivity contribution in [2.45, 2.75) is 65.6 Å². The molecule has 1 aromatic carbocycles. The maximum Gasteiger partial charge on any atom is 0.232 e. The Kier molecular flexibility index (Phi) is 11.3. The third-order valence-corrected chi connectivity index (χ3v) is 4.71. The molecule has 0 aliphatic carbocycles. The first-order valence-corrected chi connectivity index (χ1v) is 10.4. The zero-order chi connectivity index (χ0) is 21.3. The van der Waals surface area contributed by atoms with Crippen LogP contribution in [0.15, 0.2) is 39.8 Å². The molecule has 0 saturated heterocycles. The Hall–Kier alpha value is -1.68. The quantitative estimate of drug-likeness (QED) is 0.292. The van der Waals surface area contributed by atoms with Crippen molar-refractivity contribution in [2.24, 2.45) is 4.99 Å². The van der Waals surface area contributed by atoms with Gasteiger partial charge in [0.2, 0.25) is 5.89 Å². The zero-order valence-electron chi connectivity index (χ0n) is 19.1. The van der Waals surface area contributed by atoms with E-state index in [1.807, 2.05) is 0 Å². The summed E-state index contributed by atoms with van der Waals surface area (Å²) in [5.74, 6) is 2.01. The molecular formula is C22H37IN6O. The molecule has 1 unspecified atom stereocenters. The van der Waals surface area contributed by atoms with Gasteiger partial charge in [0.1, 0.15) is 6.54 Å². The van der Waals surface area contributed by atoms with E-state index in [2.05, 4.69) is 103 Å². The Balaban J connectivity index is 0.00000450. The van der Waals surface area contributed by atoms with E-state index >= 15 is 0 Å². The first-order valence-electron chi connectivity index (χ1n) is 10.4. The molecule has 0 aliphatic heterocycles. The Morgan fingerprint density at radius 1 is 1.20 bits per heavy atom. The number of rotatable bonds is 9. The summed E-state index contributed by atoms with van der Waals surface area (Å²) in [4.78, 5) is 11.4. The largest absolute Gasteiger partial charge is 0.357 e. The van der Waals surface area contributed by atoms with Crippen LogP contribution < -0.4 is 10.6 Å². The summed E-state index contributed by atoms with van der Waals surface area (Å²) < 4.78 is 5.33. The van der Waals surface area contributed by atoms with Gasteiger partial charge >= 0.3 is 0 Å². The second-order valence-electron chi connectivity index (χ2n) is 8.43. The van der Waals surface area contributed by atoms with E-state index in [-0.39, 0.29) is 29.4 Å². The first-order chi connectivity index (χ1) is 13.8. The van der Waals surface area contributed by atoms with E-state index in [1.54, 1.807) is 0 Å². The van der Waals surface area contributed by atoms with Crippen LogP contribution in [0.2, 0.25) is 0 Å². The molecule has 168 valence electrons. The van der Waals surface area contributed by atoms with Crippen molar-refractivity contribution in [3.8, 4) is 0 Å². The second kappa shape index (κ2) is 12.9. The van der Waals surface area contributed by atoms with Crippen LogP contribution in [0, 0.1) is 0 Å². The third-order valence-electron chi connectivity index (χ3n) is 4.71. The zero-order valence-corrected chi connectivity index (χ0v) is 21.4. The molecule has 0 fully saturated rings. The average molecular weight is 528 g/mol. The van der Waals surface area contributed by atoms with Crippen molar-refractivity contribution in [3.63, 3.8) is 0 Å². The molecule has 0 amide bonds. The lowest BCUT2D eigenvalue weighted by Gasteiger charge is -2.25. The number of hydrogen-bond acceptors (Lipinski definition) is 5. The predicted octanol–water partition coefficient (Wildman–Crippen LogP) is 3.95. The minimum atomic E-state index is -0.153. The highest BCUT2D eigenvalue weighted by atomic mass is 127. The summed E-state index contributed by atoms with van der Waals surface area (Å²) in [5.41, 5.74) is 1.18. The second-order valence-corrected chi connectivity index (χ2v) is 8.43. The number of hydrogen-bond donors (Lipinski definition) is 2. The monoisotopic (exact) mass is 528 g/mol. The fourth-order valence-electron chi connectivity index (χ4n) is 2.76. The SMILES string of the molecule is CCNC(=NCc1noc(C(C)(C)C)n1)NCCC(C)N(C)Cc1ccccc1.I. The van der Waals surface area contributed by atoms with Gasteiger partial charge < -0.3 is 15.2 Å². The van der Waals surface area contributed by atoms with Crippen LogP contribution in [0.5, 0.6) is 0 Å². The van der Waals surface area contributed by atoms with Gasteiger partial charge in [0.25, 0.3) is 0 Å². The van der Waals surface area contributed by atoms with E-state index in [1.165, 1.54) is 5.56 Å². The average Bonchev–Trinajstić information content (AvgIpc) is 3.16. The molecule has 0 saturated carbocycles. The summed E-state index contributed by atoms with van der Waals surface area (Å²) in [6.45, 7) is 13.4. The minimum absolute atomic E-state index is 0. The number of halogens is 1. The molecule has 0 radical (unpaired) electrons. The van der Waals surface area contributed by atoms with E-state index < -0.39 is 0 Å². The fourth-order valence-corrected chi connectivity index (χ4v) is 2.76. The van der Waals surface area contributed by atoms with Crippen LogP contribution in [0.1, 0.15) is 58.3 Å². The first kappa shape index (κ1) is 26.4. The van der Waals surface area contributed by atoms with Crippen molar-refractivity contribution in [2.75, 3.05) is 20.1 Å². The normalized spacial score (nSPS) is 13.1. The van der Waals surface area contributed by atoms with Crippen molar-refractivity contribution >= 4 is 29.9 Å². The molecule has 2 N–H and O–H groups in total. The number of benzene rings is 1. The molecule has 0 aliphatic rings. The summed E-state index contributed by atoms with van der Waals surface area (Å²) in [5, 5.41) is 10.7. The van der Waals surface area contributed by atoms with E-state index in [4.69, 9.17) is 4.52 Å². The van der Waals surface area contributed by atoms with Gasteiger partial charge in [-0.05, 0) is 32.9 Å². The van der Waals surface area contributed by atoms with E-state index in [0.717, 1.165) is 32.0 Å². The molecule has 8 heteroatoms. The highest BCUT2D eigenvalue weighted by molar-refractivity contribution is 14.0. The Morgan fingerprint density at radius 2 is 1.90 bits per heavy atom. The van der Waals surface area contributed by atoms with Gasteiger partial charge in [0.15, 0.2) is 11.8 Å². The predicted molar refractivity (Wildman–Crippen MR) is 133 cm³/mol. The lowest BCUT2D eigenvalue weighted by Crippen LogP contribution is -2.40. The van der Waals surface area contributed by atoms with E-state index in [9.17, 15) is 0 Å². The topological polar surface area (TPSA) is 78.6 Å². The molecule has 1 heterocycles. The van der Waals surface area contributed by atoms with Gasteiger partial charge in [0.05, 0.1) is 0 Å². The van der Waals surface area contributed by atoms with Crippen molar-refractivity contribution in [1.82, 2.24) is 25.7 Å². The molecule has 0 bridgehead atoms. The van der Waals surface area contributed by atoms with Crippen LogP contribution in [0.4, 0.5) is 0 Å². The standard InChI is InChI=1S/C22H36N6O.HI/c1-7-23-21(25-15-19-26-20(29-27-19)22(3,4)5)24-14-13-17(2)28(6)16-18-11-9-8-10-12-18;/h8-12,17H,7,13-16H2,1-6H3,(H2,23,24,25);1H. The van der Waals surface area contributed by atoms with Crippen LogP contribution in [-0.4, -0.2) is 47.2 Å². The molecule has 7 nitrogen and oxygen atoms in total. The minimum Gasteiger partial charge on any atom is -0.357 e. The van der Waals surface area contributed by atoms with Crippen LogP contribution in [0.3, 0.4) is 0 Å². The molecule has 2 rings (SSSR count). The van der Waals surface area contributed by atoms with Gasteiger partial charge in [-0.1, -0.05) is 56.3 Å². The number of nitrogens with one attached hydrogen (secondary N) is 2. The Bertz CT molecular complexity index is 756. The van der Waals surface area contributed by atoms with Gasteiger partial charge in [0, 0.05) is 31.1 Å². The van der Waals surface area contributed by atoms with Crippen LogP contribution >= 0.6 is 24.0 Å². The number of aromatic nitrogens is 2. The molecule has 1 aromatic heterocycles. The molecule has 1 atom stereocenters. The summed E-state index contributed by atoms with van der Waals surface area (Å²) in [6.07, 6.45) is 1.02. The molecule has 0 spiro atoms. The van der Waals surface area contributed by atoms with Gasteiger partial charge in [-0.2, -0.15) is 4.98 Å². The lowest BCUT2D eigenvalue weighted by molar-refractivity contribution is 0.238. The number of nitrogens with zero attached hydrogens (tertiary/aromatic N) is 4. The van der Waals surface area contributed by atoms with Gasteiger partial charge in [-0.25, -0.2) is 4.99 Å².